The lowest BCUT2D eigenvalue weighted by Crippen LogP contribution is -2.61. The molecular formula is C18H25ClN2O4S. The normalized spacial score (nSPS) is 29.5. The summed E-state index contributed by atoms with van der Waals surface area (Å²) < 4.78 is 6.11. The molecule has 2 unspecified atom stereocenters. The molecule has 2 aliphatic rings. The van der Waals surface area contributed by atoms with Gasteiger partial charge >= 0.3 is 0 Å². The van der Waals surface area contributed by atoms with Crippen molar-refractivity contribution in [2.45, 2.75) is 37.8 Å². The van der Waals surface area contributed by atoms with Crippen LogP contribution in [0.15, 0.2) is 12.1 Å². The first-order valence-corrected chi connectivity index (χ1v) is 9.40. The minimum absolute atomic E-state index is 0. The number of rotatable bonds is 6. The Bertz CT molecular complexity index is 678. The predicted octanol–water partition coefficient (Wildman–Crippen LogP) is 2.00. The molecule has 1 amide bonds. The van der Waals surface area contributed by atoms with Crippen LogP contribution in [-0.2, 0) is 19.9 Å². The Labute approximate surface area is 163 Å². The van der Waals surface area contributed by atoms with Gasteiger partial charge in [0.1, 0.15) is 17.9 Å². The zero-order chi connectivity index (χ0) is 18.2. The third kappa shape index (κ3) is 3.33. The van der Waals surface area contributed by atoms with Gasteiger partial charge in [-0.15, -0.1) is 23.7 Å². The topological polar surface area (TPSA) is 89.7 Å². The molecule has 3 rings (SSSR count). The second-order valence-electron chi connectivity index (χ2n) is 7.00. The van der Waals surface area contributed by atoms with Crippen LogP contribution in [0, 0.1) is 11.8 Å². The summed E-state index contributed by atoms with van der Waals surface area (Å²) in [5, 5.41) is 0. The van der Waals surface area contributed by atoms with E-state index >= 15 is 0 Å². The van der Waals surface area contributed by atoms with Gasteiger partial charge in [0.2, 0.25) is 0 Å². The smallest absolute Gasteiger partial charge is 0.258 e. The van der Waals surface area contributed by atoms with Gasteiger partial charge in [-0.2, -0.15) is 0 Å². The van der Waals surface area contributed by atoms with Crippen molar-refractivity contribution in [3.63, 3.8) is 0 Å². The number of nitrogens with zero attached hydrogens (tertiary/aromatic N) is 1. The van der Waals surface area contributed by atoms with Gasteiger partial charge in [-0.3, -0.25) is 14.5 Å². The lowest BCUT2D eigenvalue weighted by atomic mass is 9.64. The number of nitrogens with two attached hydrogens (primary N) is 1. The number of likely N-dealkylation sites (tertiary alicyclic amines) is 1. The molecular weight excluding hydrogens is 376 g/mol. The number of thiophene rings is 1. The first-order valence-electron chi connectivity index (χ1n) is 8.59. The summed E-state index contributed by atoms with van der Waals surface area (Å²) in [7, 11) is 1.72. The van der Waals surface area contributed by atoms with Crippen LogP contribution in [0.2, 0.25) is 0 Å². The predicted molar refractivity (Wildman–Crippen MR) is 102 cm³/mol. The average molecular weight is 401 g/mol. The summed E-state index contributed by atoms with van der Waals surface area (Å²) >= 11 is 1.39. The Kier molecular flexibility index (Phi) is 6.60. The number of primary amides is 1. The van der Waals surface area contributed by atoms with Crippen molar-refractivity contribution < 1.29 is 19.1 Å². The zero-order valence-electron chi connectivity index (χ0n) is 15.0. The van der Waals surface area contributed by atoms with Gasteiger partial charge in [-0.05, 0) is 31.9 Å². The fourth-order valence-corrected chi connectivity index (χ4v) is 5.84. The Hall–Kier alpha value is -1.28. The fraction of sp³-hybridized carbons (Fsp3) is 0.611. The molecule has 2 bridgehead atoms. The van der Waals surface area contributed by atoms with E-state index in [4.69, 9.17) is 10.5 Å². The molecule has 1 aliphatic carbocycles. The van der Waals surface area contributed by atoms with Crippen molar-refractivity contribution >= 4 is 41.7 Å². The van der Waals surface area contributed by atoms with E-state index in [0.29, 0.717) is 18.0 Å². The van der Waals surface area contributed by atoms with Crippen LogP contribution < -0.4 is 5.73 Å². The SMILES string of the molecule is COC1(c2ccc(C(N)=O)s2)[C@@H]2CCC[C@H]1CN(C(C=O)C(C)=O)C2.Cl. The maximum absolute atomic E-state index is 11.8. The van der Waals surface area contributed by atoms with E-state index in [9.17, 15) is 14.4 Å². The highest BCUT2D eigenvalue weighted by atomic mass is 35.5. The second-order valence-corrected chi connectivity index (χ2v) is 8.08. The Morgan fingerprint density at radius 3 is 2.38 bits per heavy atom. The van der Waals surface area contributed by atoms with Crippen LogP contribution in [0.1, 0.15) is 40.7 Å². The van der Waals surface area contributed by atoms with E-state index in [-0.39, 0.29) is 30.0 Å². The summed E-state index contributed by atoms with van der Waals surface area (Å²) in [6.07, 6.45) is 3.78. The molecule has 1 aromatic heterocycles. The van der Waals surface area contributed by atoms with E-state index in [1.807, 2.05) is 11.0 Å². The summed E-state index contributed by atoms with van der Waals surface area (Å²) in [6.45, 7) is 2.74. The van der Waals surface area contributed by atoms with Crippen molar-refractivity contribution in [2.24, 2.45) is 17.6 Å². The van der Waals surface area contributed by atoms with Gasteiger partial charge in [0.05, 0.1) is 4.88 Å². The Morgan fingerprint density at radius 1 is 1.35 bits per heavy atom. The number of hydrogen-bond acceptors (Lipinski definition) is 6. The highest BCUT2D eigenvalue weighted by molar-refractivity contribution is 7.14. The zero-order valence-corrected chi connectivity index (χ0v) is 16.6. The Morgan fingerprint density at radius 2 is 1.96 bits per heavy atom. The number of halogens is 1. The van der Waals surface area contributed by atoms with Crippen LogP contribution in [0.4, 0.5) is 0 Å². The van der Waals surface area contributed by atoms with Crippen molar-refractivity contribution in [3.05, 3.63) is 21.9 Å². The first kappa shape index (κ1) is 21.0. The van der Waals surface area contributed by atoms with Crippen LogP contribution in [-0.4, -0.2) is 49.1 Å². The highest BCUT2D eigenvalue weighted by Crippen LogP contribution is 2.53. The number of ether oxygens (including phenoxy) is 1. The van der Waals surface area contributed by atoms with Gasteiger partial charge in [0.25, 0.3) is 5.91 Å². The Balaban J connectivity index is 0.00000243. The van der Waals surface area contributed by atoms with Gasteiger partial charge < -0.3 is 15.3 Å². The molecule has 1 saturated carbocycles. The molecule has 1 saturated heterocycles. The number of ketones is 1. The van der Waals surface area contributed by atoms with Crippen LogP contribution in [0.25, 0.3) is 0 Å². The molecule has 1 aromatic rings. The van der Waals surface area contributed by atoms with Crippen molar-refractivity contribution in [1.82, 2.24) is 4.90 Å². The molecule has 2 N–H and O–H groups in total. The quantitative estimate of drug-likeness (QED) is 0.582. The lowest BCUT2D eigenvalue weighted by molar-refractivity contribution is -0.174. The third-order valence-electron chi connectivity index (χ3n) is 5.74. The van der Waals surface area contributed by atoms with Gasteiger partial charge in [-0.1, -0.05) is 6.42 Å². The largest absolute Gasteiger partial charge is 0.372 e. The summed E-state index contributed by atoms with van der Waals surface area (Å²) in [5.41, 5.74) is 4.94. The molecule has 0 spiro atoms. The molecule has 2 heterocycles. The van der Waals surface area contributed by atoms with E-state index in [0.717, 1.165) is 30.4 Å². The number of fused-ring (bicyclic) bond motifs is 2. The number of hydrogen-bond donors (Lipinski definition) is 1. The number of carbonyl (C=O) groups is 3. The molecule has 0 radical (unpaired) electrons. The number of carbonyl (C=O) groups excluding carboxylic acids is 3. The fourth-order valence-electron chi connectivity index (χ4n) is 4.65. The molecule has 144 valence electrons. The monoisotopic (exact) mass is 400 g/mol. The van der Waals surface area contributed by atoms with Crippen molar-refractivity contribution in [1.29, 1.82) is 0 Å². The molecule has 26 heavy (non-hydrogen) atoms. The second kappa shape index (κ2) is 8.17. The minimum Gasteiger partial charge on any atom is -0.372 e. The van der Waals surface area contributed by atoms with Crippen LogP contribution in [0.3, 0.4) is 0 Å². The summed E-state index contributed by atoms with van der Waals surface area (Å²) in [4.78, 5) is 38.3. The first-order chi connectivity index (χ1) is 11.9. The van der Waals surface area contributed by atoms with Crippen LogP contribution >= 0.6 is 23.7 Å². The third-order valence-corrected chi connectivity index (χ3v) is 6.97. The molecule has 1 aliphatic heterocycles. The van der Waals surface area contributed by atoms with Gasteiger partial charge in [-0.25, -0.2) is 0 Å². The van der Waals surface area contributed by atoms with E-state index in [2.05, 4.69) is 0 Å². The number of Topliss-reactive ketones (excluding diaryl/α,β-unsaturated/α-hetero) is 1. The molecule has 6 nitrogen and oxygen atoms in total. The number of piperidine rings is 1. The van der Waals surface area contributed by atoms with Crippen molar-refractivity contribution in [3.8, 4) is 0 Å². The molecule has 0 aromatic carbocycles. The van der Waals surface area contributed by atoms with E-state index < -0.39 is 17.6 Å². The lowest BCUT2D eigenvalue weighted by Gasteiger charge is -2.55. The van der Waals surface area contributed by atoms with Crippen molar-refractivity contribution in [2.75, 3.05) is 20.2 Å². The summed E-state index contributed by atoms with van der Waals surface area (Å²) in [5.74, 6) is -0.204. The molecule has 4 atom stereocenters. The van der Waals surface area contributed by atoms with E-state index in [1.54, 1.807) is 13.2 Å². The van der Waals surface area contributed by atoms with E-state index in [1.165, 1.54) is 18.3 Å². The van der Waals surface area contributed by atoms with Crippen LogP contribution in [0.5, 0.6) is 0 Å². The number of aldehydes is 1. The number of amides is 1. The van der Waals surface area contributed by atoms with Gasteiger partial charge in [0, 0.05) is 36.9 Å². The minimum atomic E-state index is -0.678. The standard InChI is InChI=1S/C18H24N2O4S.ClH/c1-11(22)14(10-21)20-8-12-4-3-5-13(9-20)18(12,24-2)16-7-6-15(25-16)17(19)23;/h6-7,10,12-14H,3-5,8-9H2,1-2H3,(H2,19,23);1H/t12-,13+,14?,18?;. The molecule has 2 fully saturated rings. The highest BCUT2D eigenvalue weighted by Gasteiger charge is 2.55. The maximum atomic E-state index is 11.8. The van der Waals surface area contributed by atoms with Gasteiger partial charge in [0.15, 0.2) is 5.78 Å². The molecule has 8 heteroatoms. The summed E-state index contributed by atoms with van der Waals surface area (Å²) in [6, 6.07) is 3.02. The maximum Gasteiger partial charge on any atom is 0.258 e. The number of methoxy groups -OCH3 is 1. The average Bonchev–Trinajstić information content (AvgIpc) is 3.05.